The molecule has 23 heavy (non-hydrogen) atoms. The van der Waals surface area contributed by atoms with Gasteiger partial charge in [0.05, 0.1) is 0 Å². The zero-order valence-electron chi connectivity index (χ0n) is 14.6. The largest absolute Gasteiger partial charge is 0.346 e. The van der Waals surface area contributed by atoms with Crippen molar-refractivity contribution >= 4 is 17.5 Å². The molecule has 0 unspecified atom stereocenters. The zero-order valence-corrected chi connectivity index (χ0v) is 14.6. The number of aromatic nitrogens is 2. The van der Waals surface area contributed by atoms with Gasteiger partial charge in [-0.15, -0.1) is 0 Å². The Kier molecular flexibility index (Phi) is 4.68. The summed E-state index contributed by atoms with van der Waals surface area (Å²) in [6.07, 6.45) is 0. The fourth-order valence-corrected chi connectivity index (χ4v) is 2.14. The SMILES string of the molecule is Cc1ccc(C)c(Nc2nc(C)cc(C(=O)NC(C)(C)C)n2)c1. The van der Waals surface area contributed by atoms with Crippen LogP contribution >= 0.6 is 0 Å². The molecule has 0 bridgehead atoms. The lowest BCUT2D eigenvalue weighted by Crippen LogP contribution is -2.41. The van der Waals surface area contributed by atoms with Gasteiger partial charge in [-0.3, -0.25) is 4.79 Å². The maximum atomic E-state index is 12.3. The fraction of sp³-hybridized carbons (Fsp3) is 0.389. The molecule has 0 aliphatic rings. The molecule has 1 aromatic heterocycles. The molecule has 2 rings (SSSR count). The monoisotopic (exact) mass is 312 g/mol. The van der Waals surface area contributed by atoms with Gasteiger partial charge in [0, 0.05) is 16.9 Å². The van der Waals surface area contributed by atoms with Gasteiger partial charge in [-0.1, -0.05) is 12.1 Å². The summed E-state index contributed by atoms with van der Waals surface area (Å²) in [4.78, 5) is 21.0. The van der Waals surface area contributed by atoms with Gasteiger partial charge in [-0.05, 0) is 64.8 Å². The molecule has 2 aromatic rings. The number of rotatable bonds is 3. The number of amides is 1. The number of nitrogens with zero attached hydrogens (tertiary/aromatic N) is 2. The molecule has 0 atom stereocenters. The van der Waals surface area contributed by atoms with Crippen molar-refractivity contribution < 1.29 is 4.79 Å². The Hall–Kier alpha value is -2.43. The molecule has 0 radical (unpaired) electrons. The van der Waals surface area contributed by atoms with Crippen molar-refractivity contribution in [2.24, 2.45) is 0 Å². The van der Waals surface area contributed by atoms with E-state index in [1.165, 1.54) is 0 Å². The van der Waals surface area contributed by atoms with Crippen LogP contribution in [0.2, 0.25) is 0 Å². The molecule has 0 fully saturated rings. The highest BCUT2D eigenvalue weighted by atomic mass is 16.2. The van der Waals surface area contributed by atoms with E-state index in [1.807, 2.05) is 53.7 Å². The smallest absolute Gasteiger partial charge is 0.270 e. The second kappa shape index (κ2) is 6.36. The van der Waals surface area contributed by atoms with E-state index in [2.05, 4.69) is 26.7 Å². The van der Waals surface area contributed by atoms with E-state index in [9.17, 15) is 4.79 Å². The van der Waals surface area contributed by atoms with E-state index in [0.29, 0.717) is 11.6 Å². The highest BCUT2D eigenvalue weighted by Crippen LogP contribution is 2.20. The lowest BCUT2D eigenvalue weighted by molar-refractivity contribution is 0.0914. The molecular weight excluding hydrogens is 288 g/mol. The first-order chi connectivity index (χ1) is 10.6. The lowest BCUT2D eigenvalue weighted by atomic mass is 10.1. The summed E-state index contributed by atoms with van der Waals surface area (Å²) in [5.74, 6) is 0.227. The van der Waals surface area contributed by atoms with Crippen LogP contribution in [-0.2, 0) is 0 Å². The Morgan fingerprint density at radius 2 is 1.74 bits per heavy atom. The highest BCUT2D eigenvalue weighted by Gasteiger charge is 2.17. The molecule has 0 aliphatic heterocycles. The predicted molar refractivity (Wildman–Crippen MR) is 93.2 cm³/mol. The molecule has 0 saturated carbocycles. The van der Waals surface area contributed by atoms with Crippen molar-refractivity contribution in [2.75, 3.05) is 5.32 Å². The average molecular weight is 312 g/mol. The van der Waals surface area contributed by atoms with Crippen molar-refractivity contribution in [3.05, 3.63) is 46.8 Å². The minimum absolute atomic E-state index is 0.202. The molecule has 5 nitrogen and oxygen atoms in total. The van der Waals surface area contributed by atoms with Gasteiger partial charge in [0.1, 0.15) is 5.69 Å². The van der Waals surface area contributed by atoms with Gasteiger partial charge in [0.25, 0.3) is 5.91 Å². The molecule has 5 heteroatoms. The van der Waals surface area contributed by atoms with Crippen LogP contribution in [0.4, 0.5) is 11.6 Å². The second-order valence-corrected chi connectivity index (χ2v) is 6.87. The summed E-state index contributed by atoms with van der Waals surface area (Å²) in [6.45, 7) is 11.7. The van der Waals surface area contributed by atoms with Crippen LogP contribution in [0.15, 0.2) is 24.3 Å². The number of aryl methyl sites for hydroxylation is 3. The zero-order chi connectivity index (χ0) is 17.2. The van der Waals surface area contributed by atoms with Gasteiger partial charge in [-0.2, -0.15) is 0 Å². The molecule has 2 N–H and O–H groups in total. The van der Waals surface area contributed by atoms with Gasteiger partial charge in [0.2, 0.25) is 5.95 Å². The van der Waals surface area contributed by atoms with Crippen LogP contribution in [0.3, 0.4) is 0 Å². The Morgan fingerprint density at radius 3 is 2.39 bits per heavy atom. The van der Waals surface area contributed by atoms with Crippen molar-refractivity contribution in [1.29, 1.82) is 0 Å². The third-order valence-electron chi connectivity index (χ3n) is 3.21. The van der Waals surface area contributed by atoms with E-state index in [1.54, 1.807) is 6.07 Å². The Balaban J connectivity index is 2.30. The number of hydrogen-bond donors (Lipinski definition) is 2. The molecule has 0 aliphatic carbocycles. The van der Waals surface area contributed by atoms with Crippen molar-refractivity contribution in [3.8, 4) is 0 Å². The molecule has 0 spiro atoms. The van der Waals surface area contributed by atoms with Crippen LogP contribution < -0.4 is 10.6 Å². The fourth-order valence-electron chi connectivity index (χ4n) is 2.14. The van der Waals surface area contributed by atoms with Crippen LogP contribution in [0, 0.1) is 20.8 Å². The minimum Gasteiger partial charge on any atom is -0.346 e. The quantitative estimate of drug-likeness (QED) is 0.907. The number of hydrogen-bond acceptors (Lipinski definition) is 4. The van der Waals surface area contributed by atoms with E-state index < -0.39 is 0 Å². The van der Waals surface area contributed by atoms with E-state index in [4.69, 9.17) is 0 Å². The summed E-state index contributed by atoms with van der Waals surface area (Å²) in [5, 5.41) is 6.13. The van der Waals surface area contributed by atoms with Gasteiger partial charge in [0.15, 0.2) is 0 Å². The van der Waals surface area contributed by atoms with Crippen molar-refractivity contribution in [2.45, 2.75) is 47.1 Å². The molecule has 1 aromatic carbocycles. The third kappa shape index (κ3) is 4.77. The average Bonchev–Trinajstić information content (AvgIpc) is 2.40. The van der Waals surface area contributed by atoms with Crippen molar-refractivity contribution in [1.82, 2.24) is 15.3 Å². The molecule has 1 heterocycles. The molecular formula is C18H24N4O. The minimum atomic E-state index is -0.309. The third-order valence-corrected chi connectivity index (χ3v) is 3.21. The summed E-state index contributed by atoms with van der Waals surface area (Å²) in [7, 11) is 0. The molecule has 0 saturated heterocycles. The van der Waals surface area contributed by atoms with Crippen LogP contribution in [0.1, 0.15) is 48.1 Å². The standard InChI is InChI=1S/C18H24N4O/c1-11-7-8-12(2)14(9-11)20-17-19-13(3)10-15(21-17)16(23)22-18(4,5)6/h7-10H,1-6H3,(H,22,23)(H,19,20,21). The van der Waals surface area contributed by atoms with Crippen LogP contribution in [0.5, 0.6) is 0 Å². The first kappa shape index (κ1) is 16.9. The maximum Gasteiger partial charge on any atom is 0.270 e. The van der Waals surface area contributed by atoms with Crippen molar-refractivity contribution in [3.63, 3.8) is 0 Å². The topological polar surface area (TPSA) is 66.9 Å². The first-order valence-electron chi connectivity index (χ1n) is 7.66. The van der Waals surface area contributed by atoms with E-state index in [-0.39, 0.29) is 11.4 Å². The lowest BCUT2D eigenvalue weighted by Gasteiger charge is -2.20. The highest BCUT2D eigenvalue weighted by molar-refractivity contribution is 5.93. The number of carbonyl (C=O) groups is 1. The van der Waals surface area contributed by atoms with Gasteiger partial charge in [-0.25, -0.2) is 9.97 Å². The van der Waals surface area contributed by atoms with Gasteiger partial charge < -0.3 is 10.6 Å². The van der Waals surface area contributed by atoms with E-state index in [0.717, 1.165) is 22.5 Å². The first-order valence-corrected chi connectivity index (χ1v) is 7.66. The summed E-state index contributed by atoms with van der Waals surface area (Å²) in [5.41, 5.74) is 3.99. The Bertz CT molecular complexity index is 732. The molecule has 1 amide bonds. The number of carbonyl (C=O) groups excluding carboxylic acids is 1. The summed E-state index contributed by atoms with van der Waals surface area (Å²) >= 11 is 0. The van der Waals surface area contributed by atoms with Gasteiger partial charge >= 0.3 is 0 Å². The number of anilines is 2. The number of benzene rings is 1. The predicted octanol–water partition coefficient (Wildman–Crippen LogP) is 3.67. The molecule has 122 valence electrons. The van der Waals surface area contributed by atoms with Crippen LogP contribution in [-0.4, -0.2) is 21.4 Å². The second-order valence-electron chi connectivity index (χ2n) is 6.87. The van der Waals surface area contributed by atoms with Crippen LogP contribution in [0.25, 0.3) is 0 Å². The maximum absolute atomic E-state index is 12.3. The van der Waals surface area contributed by atoms with E-state index >= 15 is 0 Å². The Morgan fingerprint density at radius 1 is 1.04 bits per heavy atom. The Labute approximate surface area is 137 Å². The number of nitrogens with one attached hydrogen (secondary N) is 2. The summed E-state index contributed by atoms with van der Waals surface area (Å²) in [6, 6.07) is 7.83. The summed E-state index contributed by atoms with van der Waals surface area (Å²) < 4.78 is 0. The normalized spacial score (nSPS) is 11.2.